The van der Waals surface area contributed by atoms with E-state index in [4.69, 9.17) is 4.74 Å². The smallest absolute Gasteiger partial charge is 0.353 e. The summed E-state index contributed by atoms with van der Waals surface area (Å²) in [5.41, 5.74) is -0.0396. The van der Waals surface area contributed by atoms with E-state index in [2.05, 4.69) is 21.0 Å². The van der Waals surface area contributed by atoms with Crippen molar-refractivity contribution in [1.29, 1.82) is 0 Å². The van der Waals surface area contributed by atoms with Gasteiger partial charge in [-0.15, -0.1) is 0 Å². The maximum atomic E-state index is 13.8. The first-order valence-corrected chi connectivity index (χ1v) is 6.97. The first kappa shape index (κ1) is 15.4. The second-order valence-corrected chi connectivity index (χ2v) is 5.63. The Balaban J connectivity index is 2.56. The van der Waals surface area contributed by atoms with Crippen LogP contribution in [0.2, 0.25) is 0 Å². The van der Waals surface area contributed by atoms with E-state index in [1.807, 2.05) is 0 Å². The molecule has 0 atom stereocenters. The lowest BCUT2D eigenvalue weighted by atomic mass is 10.3. The fraction of sp³-hybridized carbons (Fsp3) is 0.308. The van der Waals surface area contributed by atoms with E-state index in [9.17, 15) is 14.5 Å². The molecule has 112 valence electrons. The zero-order chi connectivity index (χ0) is 15.7. The molecule has 0 spiro atoms. The summed E-state index contributed by atoms with van der Waals surface area (Å²) in [4.78, 5) is 10.6. The van der Waals surface area contributed by atoms with E-state index in [0.29, 0.717) is 4.47 Å². The minimum Gasteiger partial charge on any atom is -0.431 e. The molecule has 0 unspecified atom stereocenters. The van der Waals surface area contributed by atoms with Crippen LogP contribution in [0.25, 0.3) is 0 Å². The summed E-state index contributed by atoms with van der Waals surface area (Å²) in [6, 6.07) is 3.98. The molecule has 0 aliphatic heterocycles. The van der Waals surface area contributed by atoms with E-state index in [-0.39, 0.29) is 29.1 Å². The first-order chi connectivity index (χ1) is 9.81. The molecule has 0 amide bonds. The van der Waals surface area contributed by atoms with Crippen LogP contribution in [-0.4, -0.2) is 14.7 Å². The van der Waals surface area contributed by atoms with Gasteiger partial charge in [0.15, 0.2) is 11.6 Å². The maximum absolute atomic E-state index is 13.8. The molecule has 8 heteroatoms. The molecular formula is C13H13BrFN3O3. The highest BCUT2D eigenvalue weighted by atomic mass is 79.9. The predicted octanol–water partition coefficient (Wildman–Crippen LogP) is 4.37. The van der Waals surface area contributed by atoms with Gasteiger partial charge in [-0.2, -0.15) is 5.10 Å². The fourth-order valence-corrected chi connectivity index (χ4v) is 2.17. The van der Waals surface area contributed by atoms with Crippen molar-refractivity contribution < 1.29 is 14.1 Å². The topological polar surface area (TPSA) is 70.2 Å². The number of hydrogen-bond acceptors (Lipinski definition) is 4. The largest absolute Gasteiger partial charge is 0.431 e. The summed E-state index contributed by atoms with van der Waals surface area (Å²) >= 11 is 3.21. The van der Waals surface area contributed by atoms with Crippen molar-refractivity contribution in [2.45, 2.75) is 26.8 Å². The molecule has 0 aliphatic carbocycles. The monoisotopic (exact) mass is 357 g/mol. The van der Waals surface area contributed by atoms with E-state index in [0.717, 1.165) is 0 Å². The predicted molar refractivity (Wildman–Crippen MR) is 78.2 cm³/mol. The van der Waals surface area contributed by atoms with Crippen LogP contribution in [0.5, 0.6) is 11.6 Å². The highest BCUT2D eigenvalue weighted by molar-refractivity contribution is 9.10. The molecule has 2 rings (SSSR count). The third-order valence-electron chi connectivity index (χ3n) is 2.78. The van der Waals surface area contributed by atoms with Gasteiger partial charge in [-0.3, -0.25) is 10.1 Å². The average molecular weight is 358 g/mol. The van der Waals surface area contributed by atoms with Gasteiger partial charge in [0, 0.05) is 4.47 Å². The molecule has 0 saturated heterocycles. The molecule has 0 saturated carbocycles. The lowest BCUT2D eigenvalue weighted by molar-refractivity contribution is -0.386. The lowest BCUT2D eigenvalue weighted by Gasteiger charge is -2.11. The molecule has 0 N–H and O–H groups in total. The van der Waals surface area contributed by atoms with Crippen LogP contribution in [0.4, 0.5) is 10.1 Å². The minimum absolute atomic E-state index is 0.0792. The van der Waals surface area contributed by atoms with Gasteiger partial charge >= 0.3 is 5.69 Å². The molecule has 0 fully saturated rings. The Morgan fingerprint density at radius 3 is 2.71 bits per heavy atom. The summed E-state index contributed by atoms with van der Waals surface area (Å²) in [7, 11) is 0. The van der Waals surface area contributed by atoms with Crippen molar-refractivity contribution >= 4 is 21.6 Å². The molecular weight excluding hydrogens is 345 g/mol. The summed E-state index contributed by atoms with van der Waals surface area (Å²) in [5.74, 6) is -0.791. The molecule has 1 aromatic carbocycles. The Morgan fingerprint density at radius 2 is 2.14 bits per heavy atom. The Labute approximate surface area is 128 Å². The van der Waals surface area contributed by atoms with E-state index in [1.54, 1.807) is 13.8 Å². The van der Waals surface area contributed by atoms with Crippen molar-refractivity contribution in [3.8, 4) is 11.6 Å². The number of hydrogen-bond donors (Lipinski definition) is 0. The maximum Gasteiger partial charge on any atom is 0.353 e. The number of ether oxygens (including phenoxy) is 1. The number of rotatable bonds is 4. The van der Waals surface area contributed by atoms with Gasteiger partial charge in [-0.1, -0.05) is 15.9 Å². The third-order valence-corrected chi connectivity index (χ3v) is 3.28. The number of aromatic nitrogens is 2. The number of nitro groups is 1. The van der Waals surface area contributed by atoms with Gasteiger partial charge in [-0.05, 0) is 39.0 Å². The van der Waals surface area contributed by atoms with Crippen LogP contribution in [-0.2, 0) is 0 Å². The third kappa shape index (κ3) is 3.05. The second-order valence-electron chi connectivity index (χ2n) is 4.71. The molecule has 0 radical (unpaired) electrons. The summed E-state index contributed by atoms with van der Waals surface area (Å²) < 4.78 is 21.2. The number of halogens is 2. The standard InChI is InChI=1S/C13H13BrFN3O3/c1-7(2)17-13(12(18(19)20)8(3)16-17)21-11-6-9(14)4-5-10(11)15/h4-7H,1-3H3. The van der Waals surface area contributed by atoms with Crippen molar-refractivity contribution in [2.75, 3.05) is 0 Å². The number of benzene rings is 1. The molecule has 6 nitrogen and oxygen atoms in total. The molecule has 0 aliphatic rings. The van der Waals surface area contributed by atoms with Gasteiger partial charge in [-0.25, -0.2) is 9.07 Å². The van der Waals surface area contributed by atoms with Crippen LogP contribution in [0, 0.1) is 22.9 Å². The number of aryl methyl sites for hydroxylation is 1. The lowest BCUT2D eigenvalue weighted by Crippen LogP contribution is -2.06. The Morgan fingerprint density at radius 1 is 1.48 bits per heavy atom. The van der Waals surface area contributed by atoms with Crippen molar-refractivity contribution in [3.05, 3.63) is 44.3 Å². The Kier molecular flexibility index (Phi) is 4.26. The van der Waals surface area contributed by atoms with Crippen LogP contribution >= 0.6 is 15.9 Å². The Bertz CT molecular complexity index is 700. The fourth-order valence-electron chi connectivity index (χ4n) is 1.83. The zero-order valence-electron chi connectivity index (χ0n) is 11.6. The van der Waals surface area contributed by atoms with Crippen LogP contribution in [0.15, 0.2) is 22.7 Å². The summed E-state index contributed by atoms with van der Waals surface area (Å²) in [6.45, 7) is 5.13. The van der Waals surface area contributed by atoms with Gasteiger partial charge in [0.2, 0.25) is 0 Å². The quantitative estimate of drug-likeness (QED) is 0.601. The van der Waals surface area contributed by atoms with Gasteiger partial charge in [0.1, 0.15) is 5.69 Å². The average Bonchev–Trinajstić information content (AvgIpc) is 2.71. The van der Waals surface area contributed by atoms with Crippen LogP contribution in [0.3, 0.4) is 0 Å². The molecule has 0 bridgehead atoms. The van der Waals surface area contributed by atoms with Crippen LogP contribution < -0.4 is 4.74 Å². The van der Waals surface area contributed by atoms with Crippen LogP contribution in [0.1, 0.15) is 25.6 Å². The normalized spacial score (nSPS) is 11.0. The Hall–Kier alpha value is -1.96. The van der Waals surface area contributed by atoms with Crippen molar-refractivity contribution in [1.82, 2.24) is 9.78 Å². The minimum atomic E-state index is -0.610. The first-order valence-electron chi connectivity index (χ1n) is 6.17. The molecule has 1 aromatic heterocycles. The van der Waals surface area contributed by atoms with E-state index < -0.39 is 10.7 Å². The molecule has 21 heavy (non-hydrogen) atoms. The molecule has 2 aromatic rings. The van der Waals surface area contributed by atoms with E-state index in [1.165, 1.54) is 29.8 Å². The SMILES string of the molecule is Cc1nn(C(C)C)c(Oc2cc(Br)ccc2F)c1[N+](=O)[O-]. The second kappa shape index (κ2) is 5.80. The van der Waals surface area contributed by atoms with Gasteiger partial charge < -0.3 is 4.74 Å². The number of nitrogens with zero attached hydrogens (tertiary/aromatic N) is 3. The van der Waals surface area contributed by atoms with Crippen molar-refractivity contribution in [3.63, 3.8) is 0 Å². The summed E-state index contributed by atoms with van der Waals surface area (Å²) in [6.07, 6.45) is 0. The van der Waals surface area contributed by atoms with E-state index >= 15 is 0 Å². The highest BCUT2D eigenvalue weighted by Crippen LogP contribution is 2.37. The van der Waals surface area contributed by atoms with Crippen molar-refractivity contribution in [2.24, 2.45) is 0 Å². The van der Waals surface area contributed by atoms with Gasteiger partial charge in [0.05, 0.1) is 11.0 Å². The van der Waals surface area contributed by atoms with Gasteiger partial charge in [0.25, 0.3) is 5.88 Å². The zero-order valence-corrected chi connectivity index (χ0v) is 13.2. The highest BCUT2D eigenvalue weighted by Gasteiger charge is 2.29. The summed E-state index contributed by atoms with van der Waals surface area (Å²) in [5, 5.41) is 15.3. The molecule has 1 heterocycles.